The molecule has 4 atom stereocenters. The Kier molecular flexibility index (Phi) is 27.4. The molecule has 0 saturated heterocycles. The summed E-state index contributed by atoms with van der Waals surface area (Å²) in [6.07, 6.45) is 8.72. The summed E-state index contributed by atoms with van der Waals surface area (Å²) in [6.45, 7) is 2.01. The van der Waals surface area contributed by atoms with E-state index in [1.165, 1.54) is 0 Å². The van der Waals surface area contributed by atoms with Crippen molar-refractivity contribution >= 4 is 63.7 Å². The Hall–Kier alpha value is -3.93. The molecule has 0 spiro atoms. The molecule has 8 aromatic carbocycles. The van der Waals surface area contributed by atoms with E-state index in [0.717, 1.165) is 114 Å². The number of halogens is 4. The average Bonchev–Trinajstić information content (AvgIpc) is 3.46. The van der Waals surface area contributed by atoms with Gasteiger partial charge < -0.3 is 52.6 Å². The second kappa shape index (κ2) is 32.8. The first-order valence-electron chi connectivity index (χ1n) is 26.1. The summed E-state index contributed by atoms with van der Waals surface area (Å²) in [5, 5.41) is 67.8. The predicted molar refractivity (Wildman–Crippen MR) is 317 cm³/mol. The van der Waals surface area contributed by atoms with Crippen molar-refractivity contribution in [3.63, 3.8) is 0 Å². The van der Waals surface area contributed by atoms with Gasteiger partial charge in [-0.05, 0) is 141 Å². The standard InChI is InChI=1S/2C32H32Br2N2O2.2O.2Ti/c2*33-25-15-23(31(37)27(17-25)21-9-3-1-4-10-21)19-35-29-13-7-8-14-30(29)36-20-24-16-26(34)18-28(32(24)38)22-11-5-2-6-12-22;;;;/h2*1-6,9-12,15-18,29-30,35-38H,7-8,13-14,19-20H2;;;;/q;;2*-2;2*+4/p-4/t2*29-,30-;;;;/m11..../s1. The topological polar surface area (TPSA) is 197 Å². The third-order valence-corrected chi connectivity index (χ3v) is 16.4. The summed E-state index contributed by atoms with van der Waals surface area (Å²) >= 11 is 14.4. The molecular weight excluding hydrogens is 1340 g/mol. The van der Waals surface area contributed by atoms with E-state index in [9.17, 15) is 20.4 Å². The summed E-state index contributed by atoms with van der Waals surface area (Å²) < 4.78 is 3.60. The molecule has 0 aliphatic heterocycles. The number of hydrogen-bond donors (Lipinski definition) is 4. The van der Waals surface area contributed by atoms with Gasteiger partial charge in [0.1, 0.15) is 0 Å². The van der Waals surface area contributed by atoms with Gasteiger partial charge in [0, 0.05) is 68.2 Å². The Labute approximate surface area is 533 Å². The van der Waals surface area contributed by atoms with Crippen LogP contribution in [0.4, 0.5) is 0 Å². The van der Waals surface area contributed by atoms with Crippen LogP contribution in [0, 0.1) is 0 Å². The van der Waals surface area contributed by atoms with Crippen LogP contribution < -0.4 is 41.7 Å². The number of rotatable bonds is 16. The minimum atomic E-state index is 0. The van der Waals surface area contributed by atoms with Crippen LogP contribution in [0.1, 0.15) is 73.6 Å². The first kappa shape index (κ1) is 66.9. The molecular formula is C64H60Br4N4O6Ti2. The van der Waals surface area contributed by atoms with Crippen LogP contribution in [-0.4, -0.2) is 24.2 Å². The van der Waals surface area contributed by atoms with E-state index in [2.05, 4.69) is 85.0 Å². The summed E-state index contributed by atoms with van der Waals surface area (Å²) in [4.78, 5) is 0. The van der Waals surface area contributed by atoms with Gasteiger partial charge in [-0.15, -0.1) is 0 Å². The van der Waals surface area contributed by atoms with Gasteiger partial charge in [-0.2, -0.15) is 0 Å². The Balaban J connectivity index is 0.000000280. The maximum atomic E-state index is 13.3. The molecule has 0 radical (unpaired) electrons. The minimum absolute atomic E-state index is 0. The maximum absolute atomic E-state index is 13.3. The van der Waals surface area contributed by atoms with Crippen molar-refractivity contribution in [3.8, 4) is 67.5 Å². The van der Waals surface area contributed by atoms with Crippen molar-refractivity contribution in [3.05, 3.63) is 210 Å². The summed E-state index contributed by atoms with van der Waals surface area (Å²) in [5.41, 5.74) is 9.56. The van der Waals surface area contributed by atoms with E-state index in [-0.39, 0.29) is 102 Å². The van der Waals surface area contributed by atoms with Crippen LogP contribution in [0.15, 0.2) is 188 Å². The second-order valence-electron chi connectivity index (χ2n) is 19.7. The van der Waals surface area contributed by atoms with Gasteiger partial charge in [-0.25, -0.2) is 0 Å². The Morgan fingerprint density at radius 3 is 0.688 bits per heavy atom. The fourth-order valence-corrected chi connectivity index (χ4v) is 12.7. The van der Waals surface area contributed by atoms with Gasteiger partial charge in [0.15, 0.2) is 0 Å². The van der Waals surface area contributed by atoms with Crippen molar-refractivity contribution in [2.45, 2.75) is 102 Å². The molecule has 0 unspecified atom stereocenters. The maximum Gasteiger partial charge on any atom is 4.00 e. The minimum Gasteiger partial charge on any atom is -2.00 e. The molecule has 2 aliphatic rings. The first-order chi connectivity index (χ1) is 37.0. The average molecular weight is 1400 g/mol. The van der Waals surface area contributed by atoms with E-state index < -0.39 is 0 Å². The van der Waals surface area contributed by atoms with Crippen LogP contribution in [0.5, 0.6) is 23.0 Å². The van der Waals surface area contributed by atoms with Crippen LogP contribution in [0.25, 0.3) is 44.5 Å². The SMILES string of the molecule is [O-2].[O-2].[O-]c1c(CN[C@@H]2CCCC[C@H]2NCc2cc(Br)cc(-c3ccccc3)c2[O-])cc(Br)cc1-c1ccccc1.[O-]c1c(CN[C@@H]2CCCC[C@H]2NCc2cc(Br)cc(-c3ccccc3)c2[O-])cc(Br)cc1-c1ccccc1.[Ti+4].[Ti+4]. The van der Waals surface area contributed by atoms with Gasteiger partial charge in [0.05, 0.1) is 0 Å². The molecule has 10 nitrogen and oxygen atoms in total. The quantitative estimate of drug-likeness (QED) is 0.0685. The van der Waals surface area contributed by atoms with Crippen LogP contribution in [0.3, 0.4) is 0 Å². The molecule has 2 aliphatic carbocycles. The van der Waals surface area contributed by atoms with E-state index in [4.69, 9.17) is 0 Å². The molecule has 80 heavy (non-hydrogen) atoms. The van der Waals surface area contributed by atoms with Crippen LogP contribution in [0.2, 0.25) is 0 Å². The van der Waals surface area contributed by atoms with E-state index in [1.807, 2.05) is 170 Å². The number of hydrogen-bond acceptors (Lipinski definition) is 8. The van der Waals surface area contributed by atoms with Gasteiger partial charge >= 0.3 is 43.4 Å². The van der Waals surface area contributed by atoms with Gasteiger partial charge in [-0.1, -0.05) is 234 Å². The molecule has 0 aromatic heterocycles. The fraction of sp³-hybridized carbons (Fsp3) is 0.250. The number of nitrogens with one attached hydrogen (secondary N) is 4. The van der Waals surface area contributed by atoms with Crippen LogP contribution >= 0.6 is 63.7 Å². The van der Waals surface area contributed by atoms with Crippen molar-refractivity contribution in [1.29, 1.82) is 0 Å². The van der Waals surface area contributed by atoms with E-state index >= 15 is 0 Å². The van der Waals surface area contributed by atoms with Gasteiger partial charge in [0.25, 0.3) is 0 Å². The van der Waals surface area contributed by atoms with E-state index in [1.54, 1.807) is 0 Å². The first-order valence-corrected chi connectivity index (χ1v) is 29.3. The molecule has 0 heterocycles. The molecule has 2 saturated carbocycles. The normalized spacial score (nSPS) is 16.6. The largest absolute Gasteiger partial charge is 4.00 e. The van der Waals surface area contributed by atoms with Crippen molar-refractivity contribution in [2.75, 3.05) is 0 Å². The van der Waals surface area contributed by atoms with Crippen molar-refractivity contribution < 1.29 is 74.8 Å². The summed E-state index contributed by atoms with van der Waals surface area (Å²) in [7, 11) is 0. The Morgan fingerprint density at radius 2 is 0.500 bits per heavy atom. The van der Waals surface area contributed by atoms with E-state index in [0.29, 0.717) is 48.4 Å². The molecule has 8 aromatic rings. The summed E-state index contributed by atoms with van der Waals surface area (Å²) in [5.74, 6) is 0.244. The molecule has 4 N–H and O–H groups in total. The molecule has 2 fully saturated rings. The van der Waals surface area contributed by atoms with Crippen molar-refractivity contribution in [2.24, 2.45) is 0 Å². The Bertz CT molecular complexity index is 2780. The molecule has 16 heteroatoms. The second-order valence-corrected chi connectivity index (χ2v) is 23.4. The molecule has 0 bridgehead atoms. The fourth-order valence-electron chi connectivity index (χ4n) is 10.7. The predicted octanol–water partition coefficient (Wildman–Crippen LogP) is 13.5. The monoisotopic (exact) mass is 1390 g/mol. The van der Waals surface area contributed by atoms with Gasteiger partial charge in [0.2, 0.25) is 0 Å². The smallest absolute Gasteiger partial charge is 2.00 e. The Morgan fingerprint density at radius 1 is 0.312 bits per heavy atom. The third-order valence-electron chi connectivity index (χ3n) is 14.6. The zero-order valence-electron chi connectivity index (χ0n) is 43.9. The zero-order valence-corrected chi connectivity index (χ0v) is 53.4. The third kappa shape index (κ3) is 17.6. The van der Waals surface area contributed by atoms with Crippen molar-refractivity contribution in [1.82, 2.24) is 21.3 Å². The summed E-state index contributed by atoms with van der Waals surface area (Å²) in [6, 6.07) is 55.3. The molecule has 10 rings (SSSR count). The van der Waals surface area contributed by atoms with Gasteiger partial charge in [-0.3, -0.25) is 0 Å². The zero-order chi connectivity index (χ0) is 53.0. The molecule has 0 amide bonds. The molecule has 408 valence electrons. The van der Waals surface area contributed by atoms with Crippen LogP contribution in [-0.2, 0) is 80.6 Å². The number of benzene rings is 8.